The molecule has 0 aliphatic carbocycles. The van der Waals surface area contributed by atoms with Gasteiger partial charge in [-0.1, -0.05) is 29.8 Å². The van der Waals surface area contributed by atoms with E-state index in [0.29, 0.717) is 5.82 Å². The van der Waals surface area contributed by atoms with Crippen molar-refractivity contribution in [2.75, 3.05) is 5.32 Å². The summed E-state index contributed by atoms with van der Waals surface area (Å²) in [6.07, 6.45) is 0.235. The third-order valence-electron chi connectivity index (χ3n) is 3.68. The van der Waals surface area contributed by atoms with Crippen molar-refractivity contribution in [2.45, 2.75) is 20.3 Å². The first-order valence-corrected chi connectivity index (χ1v) is 7.73. The van der Waals surface area contributed by atoms with E-state index in [1.165, 1.54) is 5.56 Å². The molecule has 1 aromatic heterocycles. The van der Waals surface area contributed by atoms with E-state index >= 15 is 0 Å². The molecular formula is C19H19N3O2. The lowest BCUT2D eigenvalue weighted by Crippen LogP contribution is -2.17. The van der Waals surface area contributed by atoms with Gasteiger partial charge in [0.25, 0.3) is 0 Å². The van der Waals surface area contributed by atoms with Gasteiger partial charge < -0.3 is 10.4 Å². The van der Waals surface area contributed by atoms with E-state index in [1.54, 1.807) is 28.9 Å². The molecule has 0 aliphatic heterocycles. The standard InChI is InChI=1S/C19H19N3O2/c1-13-3-7-16(8-4-13)22-18(11-14(2)21-22)20-19(24)12-15-5-9-17(23)10-6-15/h3-11,23H,12H2,1-2H3,(H,20,24). The lowest BCUT2D eigenvalue weighted by molar-refractivity contribution is -0.115. The maximum absolute atomic E-state index is 12.3. The van der Waals surface area contributed by atoms with Crippen molar-refractivity contribution in [1.82, 2.24) is 9.78 Å². The van der Waals surface area contributed by atoms with Gasteiger partial charge in [0, 0.05) is 6.07 Å². The lowest BCUT2D eigenvalue weighted by Gasteiger charge is -2.09. The predicted octanol–water partition coefficient (Wildman–Crippen LogP) is 3.38. The Morgan fingerprint density at radius 1 is 1.08 bits per heavy atom. The molecule has 0 bridgehead atoms. The highest BCUT2D eigenvalue weighted by Gasteiger charge is 2.11. The van der Waals surface area contributed by atoms with E-state index in [1.807, 2.05) is 44.2 Å². The first-order chi connectivity index (χ1) is 11.5. The molecule has 1 heterocycles. The van der Waals surface area contributed by atoms with E-state index in [4.69, 9.17) is 0 Å². The molecule has 2 aromatic carbocycles. The molecule has 2 N–H and O–H groups in total. The van der Waals surface area contributed by atoms with Crippen molar-refractivity contribution < 1.29 is 9.90 Å². The number of phenolic OH excluding ortho intramolecular Hbond substituents is 1. The third kappa shape index (κ3) is 3.63. The Balaban J connectivity index is 1.78. The molecule has 24 heavy (non-hydrogen) atoms. The zero-order valence-electron chi connectivity index (χ0n) is 13.7. The second-order valence-corrected chi connectivity index (χ2v) is 5.81. The van der Waals surface area contributed by atoms with Gasteiger partial charge in [-0.3, -0.25) is 4.79 Å². The van der Waals surface area contributed by atoms with Gasteiger partial charge >= 0.3 is 0 Å². The van der Waals surface area contributed by atoms with Crippen LogP contribution in [0.2, 0.25) is 0 Å². The smallest absolute Gasteiger partial charge is 0.229 e. The molecule has 1 amide bonds. The largest absolute Gasteiger partial charge is 0.508 e. The molecule has 5 heteroatoms. The summed E-state index contributed by atoms with van der Waals surface area (Å²) in [4.78, 5) is 12.3. The summed E-state index contributed by atoms with van der Waals surface area (Å²) in [5.41, 5.74) is 3.73. The number of nitrogens with one attached hydrogen (secondary N) is 1. The van der Waals surface area contributed by atoms with Crippen molar-refractivity contribution >= 4 is 11.7 Å². The number of rotatable bonds is 4. The first kappa shape index (κ1) is 15.8. The van der Waals surface area contributed by atoms with Crippen LogP contribution in [0.25, 0.3) is 5.69 Å². The maximum atomic E-state index is 12.3. The Bertz CT molecular complexity index is 849. The van der Waals surface area contributed by atoms with Crippen LogP contribution < -0.4 is 5.32 Å². The minimum Gasteiger partial charge on any atom is -0.508 e. The van der Waals surface area contributed by atoms with Crippen LogP contribution >= 0.6 is 0 Å². The van der Waals surface area contributed by atoms with Gasteiger partial charge in [-0.05, 0) is 43.7 Å². The maximum Gasteiger partial charge on any atom is 0.229 e. The number of carbonyl (C=O) groups is 1. The van der Waals surface area contributed by atoms with Crippen LogP contribution in [-0.2, 0) is 11.2 Å². The molecule has 0 unspecified atom stereocenters. The van der Waals surface area contributed by atoms with Gasteiger partial charge in [0.1, 0.15) is 11.6 Å². The van der Waals surface area contributed by atoms with Crippen LogP contribution in [0.15, 0.2) is 54.6 Å². The van der Waals surface area contributed by atoms with Crippen LogP contribution in [0, 0.1) is 13.8 Å². The fraction of sp³-hybridized carbons (Fsp3) is 0.158. The number of amides is 1. The number of benzene rings is 2. The van der Waals surface area contributed by atoms with Crippen LogP contribution in [0.4, 0.5) is 5.82 Å². The van der Waals surface area contributed by atoms with E-state index < -0.39 is 0 Å². The number of aromatic nitrogens is 2. The zero-order valence-corrected chi connectivity index (χ0v) is 13.7. The Hall–Kier alpha value is -3.08. The summed E-state index contributed by atoms with van der Waals surface area (Å²) in [5.74, 6) is 0.696. The molecule has 0 spiro atoms. The summed E-state index contributed by atoms with van der Waals surface area (Å²) in [6, 6.07) is 16.4. The number of phenols is 1. The molecule has 0 aliphatic rings. The lowest BCUT2D eigenvalue weighted by atomic mass is 10.1. The fourth-order valence-electron chi connectivity index (χ4n) is 2.46. The molecule has 0 radical (unpaired) electrons. The second-order valence-electron chi connectivity index (χ2n) is 5.81. The molecule has 122 valence electrons. The Labute approximate surface area is 140 Å². The Kier molecular flexibility index (Phi) is 4.33. The highest BCUT2D eigenvalue weighted by molar-refractivity contribution is 5.91. The highest BCUT2D eigenvalue weighted by Crippen LogP contribution is 2.18. The van der Waals surface area contributed by atoms with Crippen LogP contribution in [0.1, 0.15) is 16.8 Å². The van der Waals surface area contributed by atoms with Crippen molar-refractivity contribution in [3.63, 3.8) is 0 Å². The summed E-state index contributed by atoms with van der Waals surface area (Å²) in [6.45, 7) is 3.92. The van der Waals surface area contributed by atoms with Crippen molar-refractivity contribution in [1.29, 1.82) is 0 Å². The fourth-order valence-corrected chi connectivity index (χ4v) is 2.46. The van der Waals surface area contributed by atoms with Gasteiger partial charge in [-0.25, -0.2) is 4.68 Å². The van der Waals surface area contributed by atoms with Crippen LogP contribution in [-0.4, -0.2) is 20.8 Å². The third-order valence-corrected chi connectivity index (χ3v) is 3.68. The van der Waals surface area contributed by atoms with Crippen molar-refractivity contribution in [3.8, 4) is 11.4 Å². The average molecular weight is 321 g/mol. The molecule has 0 atom stereocenters. The first-order valence-electron chi connectivity index (χ1n) is 7.73. The topological polar surface area (TPSA) is 67.2 Å². The van der Waals surface area contributed by atoms with Crippen LogP contribution in [0.3, 0.4) is 0 Å². The molecule has 3 aromatic rings. The summed E-state index contributed by atoms with van der Waals surface area (Å²) in [5, 5.41) is 16.7. The monoisotopic (exact) mass is 321 g/mol. The molecular weight excluding hydrogens is 302 g/mol. The number of hydrogen-bond acceptors (Lipinski definition) is 3. The summed E-state index contributed by atoms with van der Waals surface area (Å²) in [7, 11) is 0. The predicted molar refractivity (Wildman–Crippen MR) is 93.5 cm³/mol. The SMILES string of the molecule is Cc1ccc(-n2nc(C)cc2NC(=O)Cc2ccc(O)cc2)cc1. The van der Waals surface area contributed by atoms with E-state index in [9.17, 15) is 9.90 Å². The van der Waals surface area contributed by atoms with Gasteiger partial charge in [0.2, 0.25) is 5.91 Å². The molecule has 0 saturated carbocycles. The Morgan fingerprint density at radius 2 is 1.75 bits per heavy atom. The average Bonchev–Trinajstić information content (AvgIpc) is 2.90. The van der Waals surface area contributed by atoms with Gasteiger partial charge in [0.15, 0.2) is 0 Å². The van der Waals surface area contributed by atoms with Crippen LogP contribution in [0.5, 0.6) is 5.75 Å². The number of anilines is 1. The minimum atomic E-state index is -0.131. The van der Waals surface area contributed by atoms with Gasteiger partial charge in [-0.15, -0.1) is 0 Å². The number of hydrogen-bond donors (Lipinski definition) is 2. The quantitative estimate of drug-likeness (QED) is 0.774. The number of aryl methyl sites for hydroxylation is 2. The van der Waals surface area contributed by atoms with E-state index in [0.717, 1.165) is 16.9 Å². The highest BCUT2D eigenvalue weighted by atomic mass is 16.3. The Morgan fingerprint density at radius 3 is 2.42 bits per heavy atom. The van der Waals surface area contributed by atoms with E-state index in [2.05, 4.69) is 10.4 Å². The van der Waals surface area contributed by atoms with Crippen molar-refractivity contribution in [3.05, 3.63) is 71.4 Å². The number of nitrogens with zero attached hydrogens (tertiary/aromatic N) is 2. The van der Waals surface area contributed by atoms with Crippen molar-refractivity contribution in [2.24, 2.45) is 0 Å². The number of aromatic hydroxyl groups is 1. The van der Waals surface area contributed by atoms with Gasteiger partial charge in [-0.2, -0.15) is 5.10 Å². The summed E-state index contributed by atoms with van der Waals surface area (Å²) < 4.78 is 1.73. The molecule has 5 nitrogen and oxygen atoms in total. The summed E-state index contributed by atoms with van der Waals surface area (Å²) >= 11 is 0. The minimum absolute atomic E-state index is 0.131. The van der Waals surface area contributed by atoms with Gasteiger partial charge in [0.05, 0.1) is 17.8 Å². The molecule has 3 rings (SSSR count). The molecule has 0 fully saturated rings. The second kappa shape index (κ2) is 6.58. The number of carbonyl (C=O) groups excluding carboxylic acids is 1. The normalized spacial score (nSPS) is 10.6. The molecule has 0 saturated heterocycles. The van der Waals surface area contributed by atoms with E-state index in [-0.39, 0.29) is 18.1 Å². The zero-order chi connectivity index (χ0) is 17.1.